The summed E-state index contributed by atoms with van der Waals surface area (Å²) in [5.74, 6) is -1.58. The molecule has 0 rings (SSSR count). The number of carboxylic acids is 1. The van der Waals surface area contributed by atoms with Gasteiger partial charge in [-0.05, 0) is 26.6 Å². The molecule has 0 aromatic rings. The smallest absolute Gasteiger partial charge is 0.308 e. The number of carbonyl (C=O) groups is 1. The van der Waals surface area contributed by atoms with E-state index >= 15 is 0 Å². The minimum Gasteiger partial charge on any atom is -0.481 e. The van der Waals surface area contributed by atoms with Gasteiger partial charge in [0.2, 0.25) is 0 Å². The summed E-state index contributed by atoms with van der Waals surface area (Å²) < 4.78 is 0. The average Bonchev–Trinajstić information content (AvgIpc) is 2.20. The Morgan fingerprint density at radius 3 is 1.57 bits per heavy atom. The second kappa shape index (κ2) is 10.5. The van der Waals surface area contributed by atoms with Gasteiger partial charge in [-0.25, -0.2) is 0 Å². The van der Waals surface area contributed by atoms with E-state index in [9.17, 15) is 4.79 Å². The molecule has 0 fully saturated rings. The normalized spacial score (nSPS) is 11.9. The van der Waals surface area contributed by atoms with Crippen molar-refractivity contribution in [2.24, 2.45) is 5.92 Å². The van der Waals surface area contributed by atoms with Crippen LogP contribution in [0.4, 0.5) is 0 Å². The van der Waals surface area contributed by atoms with E-state index in [0.717, 1.165) is 0 Å². The minimum atomic E-state index is -0.956. The zero-order valence-electron chi connectivity index (χ0n) is 9.66. The van der Waals surface area contributed by atoms with Crippen molar-refractivity contribution in [2.45, 2.75) is 27.7 Å². The predicted molar refractivity (Wildman–Crippen MR) is 57.3 cm³/mol. The van der Waals surface area contributed by atoms with Crippen molar-refractivity contribution in [1.82, 2.24) is 4.90 Å². The van der Waals surface area contributed by atoms with Crippen LogP contribution in [0.1, 0.15) is 27.7 Å². The minimum absolute atomic E-state index is 0.282. The highest BCUT2D eigenvalue weighted by molar-refractivity contribution is 5.69. The lowest BCUT2D eigenvalue weighted by Gasteiger charge is -2.13. The Labute approximate surface area is 86.5 Å². The van der Waals surface area contributed by atoms with Crippen molar-refractivity contribution in [2.75, 3.05) is 26.2 Å². The summed E-state index contributed by atoms with van der Waals surface area (Å²) in [5.41, 5.74) is 0. The number of nitrogens with zero attached hydrogens (tertiary/aromatic N) is 1. The molecule has 0 radical (unpaired) electrons. The highest BCUT2D eigenvalue weighted by atomic mass is 16.4. The first kappa shape index (κ1) is 15.8. The van der Waals surface area contributed by atoms with Gasteiger partial charge in [0.05, 0.1) is 12.5 Å². The maximum absolute atomic E-state index is 9.77. The summed E-state index contributed by atoms with van der Waals surface area (Å²) in [6.07, 6.45) is 0. The Kier molecular flexibility index (Phi) is 11.9. The van der Waals surface area contributed by atoms with Crippen LogP contribution in [0.3, 0.4) is 0 Å². The predicted octanol–water partition coefficient (Wildman–Crippen LogP) is 1.05. The molecule has 0 aromatic heterocycles. The molecule has 0 heterocycles. The molecular weight excluding hydrogens is 182 g/mol. The summed E-state index contributed by atoms with van der Waals surface area (Å²) in [4.78, 5) is 12.1. The van der Waals surface area contributed by atoms with E-state index in [1.54, 1.807) is 0 Å². The third kappa shape index (κ3) is 9.48. The average molecular weight is 205 g/mol. The second-order valence-corrected chi connectivity index (χ2v) is 3.04. The largest absolute Gasteiger partial charge is 0.481 e. The standard InChI is InChI=1S/C6H15N.C4H8O3/c1-4-7(5-2)6-3;1-3(2-5)4(6)7/h4-6H2,1-3H3;3,5H,2H2,1H3,(H,6,7). The SMILES string of the molecule is CC(CO)C(=O)O.CCN(CC)CC. The van der Waals surface area contributed by atoms with Crippen molar-refractivity contribution < 1.29 is 15.0 Å². The van der Waals surface area contributed by atoms with Crippen molar-refractivity contribution in [3.05, 3.63) is 0 Å². The molecule has 0 aliphatic rings. The van der Waals surface area contributed by atoms with Crippen LogP contribution in [0, 0.1) is 5.92 Å². The monoisotopic (exact) mass is 205 g/mol. The lowest BCUT2D eigenvalue weighted by Crippen LogP contribution is -2.21. The van der Waals surface area contributed by atoms with E-state index in [-0.39, 0.29) is 6.61 Å². The van der Waals surface area contributed by atoms with Gasteiger partial charge in [-0.3, -0.25) is 4.79 Å². The van der Waals surface area contributed by atoms with E-state index in [2.05, 4.69) is 25.7 Å². The molecule has 0 saturated heterocycles. The third-order valence-electron chi connectivity index (χ3n) is 2.04. The van der Waals surface area contributed by atoms with Crippen molar-refractivity contribution in [3.8, 4) is 0 Å². The molecule has 1 atom stereocenters. The third-order valence-corrected chi connectivity index (χ3v) is 2.04. The van der Waals surface area contributed by atoms with Crippen LogP contribution >= 0.6 is 0 Å². The number of aliphatic hydroxyl groups excluding tert-OH is 1. The number of carboxylic acid groups (broad SMARTS) is 1. The van der Waals surface area contributed by atoms with Crippen molar-refractivity contribution in [1.29, 1.82) is 0 Å². The zero-order chi connectivity index (χ0) is 11.6. The van der Waals surface area contributed by atoms with Crippen LogP contribution < -0.4 is 0 Å². The molecule has 1 unspecified atom stereocenters. The second-order valence-electron chi connectivity index (χ2n) is 3.04. The molecule has 2 N–H and O–H groups in total. The van der Waals surface area contributed by atoms with Gasteiger partial charge >= 0.3 is 5.97 Å². The van der Waals surface area contributed by atoms with Gasteiger partial charge in [0.15, 0.2) is 0 Å². The first-order chi connectivity index (χ1) is 6.53. The number of hydrogen-bond donors (Lipinski definition) is 2. The van der Waals surface area contributed by atoms with Gasteiger partial charge < -0.3 is 15.1 Å². The lowest BCUT2D eigenvalue weighted by molar-refractivity contribution is -0.142. The van der Waals surface area contributed by atoms with E-state index in [4.69, 9.17) is 10.2 Å². The van der Waals surface area contributed by atoms with Gasteiger partial charge in [0.25, 0.3) is 0 Å². The van der Waals surface area contributed by atoms with Crippen LogP contribution in [-0.4, -0.2) is 47.3 Å². The molecule has 4 heteroatoms. The molecule has 0 spiro atoms. The summed E-state index contributed by atoms with van der Waals surface area (Å²) >= 11 is 0. The molecule has 0 saturated carbocycles. The Bertz CT molecular complexity index is 130. The Morgan fingerprint density at radius 1 is 1.21 bits per heavy atom. The van der Waals surface area contributed by atoms with E-state index in [1.807, 2.05) is 0 Å². The molecule has 0 amide bonds. The van der Waals surface area contributed by atoms with Gasteiger partial charge in [-0.1, -0.05) is 20.8 Å². The molecule has 0 bridgehead atoms. The number of aliphatic carboxylic acids is 1. The maximum Gasteiger partial charge on any atom is 0.308 e. The molecule has 86 valence electrons. The lowest BCUT2D eigenvalue weighted by atomic mass is 10.2. The topological polar surface area (TPSA) is 60.8 Å². The van der Waals surface area contributed by atoms with Crippen LogP contribution in [0.25, 0.3) is 0 Å². The number of hydrogen-bond acceptors (Lipinski definition) is 3. The van der Waals surface area contributed by atoms with Gasteiger partial charge in [0, 0.05) is 0 Å². The molecule has 0 aliphatic carbocycles. The van der Waals surface area contributed by atoms with E-state index in [0.29, 0.717) is 0 Å². The van der Waals surface area contributed by atoms with Crippen LogP contribution in [0.5, 0.6) is 0 Å². The Morgan fingerprint density at radius 2 is 1.57 bits per heavy atom. The first-order valence-electron chi connectivity index (χ1n) is 5.09. The quantitative estimate of drug-likeness (QED) is 0.704. The van der Waals surface area contributed by atoms with Gasteiger partial charge in [0.1, 0.15) is 0 Å². The highest BCUT2D eigenvalue weighted by Gasteiger charge is 2.06. The summed E-state index contributed by atoms with van der Waals surface area (Å²) in [6, 6.07) is 0. The fraction of sp³-hybridized carbons (Fsp3) is 0.900. The summed E-state index contributed by atoms with van der Waals surface area (Å²) in [6.45, 7) is 11.3. The van der Waals surface area contributed by atoms with Crippen molar-refractivity contribution >= 4 is 5.97 Å². The highest BCUT2D eigenvalue weighted by Crippen LogP contribution is 1.88. The van der Waals surface area contributed by atoms with E-state index in [1.165, 1.54) is 26.6 Å². The fourth-order valence-corrected chi connectivity index (χ4v) is 0.749. The summed E-state index contributed by atoms with van der Waals surface area (Å²) in [5, 5.41) is 16.1. The van der Waals surface area contributed by atoms with Crippen LogP contribution in [0.15, 0.2) is 0 Å². The van der Waals surface area contributed by atoms with Gasteiger partial charge in [-0.2, -0.15) is 0 Å². The maximum atomic E-state index is 9.77. The molecular formula is C10H23NO3. The van der Waals surface area contributed by atoms with Crippen LogP contribution in [-0.2, 0) is 4.79 Å². The first-order valence-corrected chi connectivity index (χ1v) is 5.09. The molecule has 0 aromatic carbocycles. The Hall–Kier alpha value is -0.610. The number of aliphatic hydroxyl groups is 1. The fourth-order valence-electron chi connectivity index (χ4n) is 0.749. The molecule has 14 heavy (non-hydrogen) atoms. The van der Waals surface area contributed by atoms with Crippen molar-refractivity contribution in [3.63, 3.8) is 0 Å². The molecule has 0 aliphatic heterocycles. The van der Waals surface area contributed by atoms with Gasteiger partial charge in [-0.15, -0.1) is 0 Å². The Balaban J connectivity index is 0. The van der Waals surface area contributed by atoms with E-state index < -0.39 is 11.9 Å². The molecule has 4 nitrogen and oxygen atoms in total. The summed E-state index contributed by atoms with van der Waals surface area (Å²) in [7, 11) is 0. The number of rotatable bonds is 5. The van der Waals surface area contributed by atoms with Crippen LogP contribution in [0.2, 0.25) is 0 Å². The zero-order valence-corrected chi connectivity index (χ0v) is 9.66.